The third-order valence-electron chi connectivity index (χ3n) is 3.67. The number of halogens is 1. The maximum absolute atomic E-state index is 10.1. The summed E-state index contributed by atoms with van der Waals surface area (Å²) in [6, 6.07) is 14.1. The summed E-state index contributed by atoms with van der Waals surface area (Å²) in [6.45, 7) is 3.38. The van der Waals surface area contributed by atoms with Crippen molar-refractivity contribution in [3.8, 4) is 5.75 Å². The van der Waals surface area contributed by atoms with Gasteiger partial charge in [0.15, 0.2) is 0 Å². The van der Waals surface area contributed by atoms with E-state index in [1.807, 2.05) is 30.3 Å². The molecule has 1 unspecified atom stereocenters. The van der Waals surface area contributed by atoms with Gasteiger partial charge in [0, 0.05) is 22.3 Å². The van der Waals surface area contributed by atoms with Gasteiger partial charge < -0.3 is 14.7 Å². The van der Waals surface area contributed by atoms with Crippen LogP contribution in [0.3, 0.4) is 0 Å². The van der Waals surface area contributed by atoms with Crippen LogP contribution >= 0.6 is 15.9 Å². The van der Waals surface area contributed by atoms with Crippen molar-refractivity contribution in [2.45, 2.75) is 19.4 Å². The first-order valence-corrected chi connectivity index (χ1v) is 7.93. The molecule has 0 spiro atoms. The van der Waals surface area contributed by atoms with Gasteiger partial charge in [-0.25, -0.2) is 0 Å². The number of aliphatic hydroxyl groups excluding tert-OH is 1. The fraction of sp³-hybridized carbons (Fsp3) is 0.294. The van der Waals surface area contributed by atoms with Crippen LogP contribution in [-0.2, 0) is 0 Å². The molecule has 4 heteroatoms. The second kappa shape index (κ2) is 6.08. The van der Waals surface area contributed by atoms with Gasteiger partial charge in [-0.3, -0.25) is 0 Å². The first kappa shape index (κ1) is 14.4. The highest BCUT2D eigenvalue weighted by Crippen LogP contribution is 2.39. The van der Waals surface area contributed by atoms with Gasteiger partial charge in [0.1, 0.15) is 5.75 Å². The number of fused-ring (bicyclic) bond motifs is 1. The van der Waals surface area contributed by atoms with Crippen LogP contribution in [0, 0.1) is 0 Å². The van der Waals surface area contributed by atoms with Crippen molar-refractivity contribution in [2.24, 2.45) is 0 Å². The summed E-state index contributed by atoms with van der Waals surface area (Å²) in [5.41, 5.74) is 3.00. The van der Waals surface area contributed by atoms with Gasteiger partial charge in [-0.15, -0.1) is 0 Å². The van der Waals surface area contributed by atoms with Crippen molar-refractivity contribution in [3.05, 3.63) is 52.5 Å². The molecular formula is C17H18BrNO2. The van der Waals surface area contributed by atoms with E-state index in [0.29, 0.717) is 6.61 Å². The Hall–Kier alpha value is -1.52. The number of nitrogens with zero attached hydrogens (tertiary/aromatic N) is 1. The summed E-state index contributed by atoms with van der Waals surface area (Å²) in [5.74, 6) is 0.895. The van der Waals surface area contributed by atoms with E-state index in [1.54, 1.807) is 6.92 Å². The second-order valence-corrected chi connectivity index (χ2v) is 6.12. The van der Waals surface area contributed by atoms with Crippen LogP contribution in [0.25, 0.3) is 0 Å². The zero-order valence-electron chi connectivity index (χ0n) is 11.9. The molecule has 2 aromatic rings. The summed E-state index contributed by atoms with van der Waals surface area (Å²) in [6.07, 6.45) is 0.435. The van der Waals surface area contributed by atoms with Crippen molar-refractivity contribution in [3.63, 3.8) is 0 Å². The third kappa shape index (κ3) is 2.92. The van der Waals surface area contributed by atoms with Crippen LogP contribution in [-0.4, -0.2) is 18.3 Å². The lowest BCUT2D eigenvalue weighted by Gasteiger charge is -2.27. The average molecular weight is 348 g/mol. The van der Waals surface area contributed by atoms with Gasteiger partial charge in [0.25, 0.3) is 0 Å². The van der Waals surface area contributed by atoms with E-state index >= 15 is 0 Å². The van der Waals surface area contributed by atoms with Crippen LogP contribution in [0.5, 0.6) is 5.75 Å². The molecule has 1 aliphatic heterocycles. The number of para-hydroxylation sites is 2. The molecule has 3 nitrogen and oxygen atoms in total. The highest BCUT2D eigenvalue weighted by Gasteiger charge is 2.21. The fourth-order valence-corrected chi connectivity index (χ4v) is 3.03. The van der Waals surface area contributed by atoms with Crippen LogP contribution < -0.4 is 9.64 Å². The number of hydrogen-bond acceptors (Lipinski definition) is 3. The van der Waals surface area contributed by atoms with Gasteiger partial charge in [-0.2, -0.15) is 0 Å². The third-order valence-corrected chi connectivity index (χ3v) is 4.17. The van der Waals surface area contributed by atoms with Crippen molar-refractivity contribution < 1.29 is 9.84 Å². The van der Waals surface area contributed by atoms with E-state index in [4.69, 9.17) is 4.74 Å². The smallest absolute Gasteiger partial charge is 0.142 e. The molecular weight excluding hydrogens is 330 g/mol. The summed E-state index contributed by atoms with van der Waals surface area (Å²) < 4.78 is 6.82. The normalized spacial score (nSPS) is 15.9. The van der Waals surface area contributed by atoms with Crippen molar-refractivity contribution in [1.82, 2.24) is 0 Å². The Labute approximate surface area is 133 Å². The van der Waals surface area contributed by atoms with E-state index in [1.165, 1.54) is 0 Å². The molecule has 0 radical (unpaired) electrons. The van der Waals surface area contributed by atoms with E-state index in [9.17, 15) is 5.11 Å². The molecule has 1 N–H and O–H groups in total. The Morgan fingerprint density at radius 2 is 2.00 bits per heavy atom. The molecule has 110 valence electrons. The highest BCUT2D eigenvalue weighted by atomic mass is 79.9. The van der Waals surface area contributed by atoms with Crippen LogP contribution in [0.15, 0.2) is 46.9 Å². The molecule has 0 amide bonds. The number of aliphatic hydroxyl groups is 1. The molecule has 1 aliphatic rings. The molecule has 0 saturated heterocycles. The number of anilines is 2. The Morgan fingerprint density at radius 1 is 1.19 bits per heavy atom. The Bertz CT molecular complexity index is 642. The van der Waals surface area contributed by atoms with Crippen molar-refractivity contribution in [1.29, 1.82) is 0 Å². The van der Waals surface area contributed by atoms with Gasteiger partial charge in [-0.1, -0.05) is 34.1 Å². The number of benzene rings is 2. The lowest BCUT2D eigenvalue weighted by atomic mass is 10.1. The number of rotatable bonds is 2. The minimum atomic E-state index is -0.510. The van der Waals surface area contributed by atoms with Crippen LogP contribution in [0.4, 0.5) is 11.4 Å². The predicted molar refractivity (Wildman–Crippen MR) is 88.3 cm³/mol. The SMILES string of the molecule is CC(O)c1ccc(Br)cc1N1CCCOc2ccccc21. The Kier molecular flexibility index (Phi) is 4.17. The monoisotopic (exact) mass is 347 g/mol. The molecule has 0 aliphatic carbocycles. The first-order chi connectivity index (χ1) is 10.2. The molecule has 1 heterocycles. The van der Waals surface area contributed by atoms with Gasteiger partial charge >= 0.3 is 0 Å². The van der Waals surface area contributed by atoms with E-state index < -0.39 is 6.10 Å². The van der Waals surface area contributed by atoms with E-state index in [0.717, 1.165) is 40.1 Å². The maximum atomic E-state index is 10.1. The van der Waals surface area contributed by atoms with Gasteiger partial charge in [0.05, 0.1) is 18.4 Å². The molecule has 0 fully saturated rings. The Morgan fingerprint density at radius 3 is 2.81 bits per heavy atom. The second-order valence-electron chi connectivity index (χ2n) is 5.20. The summed E-state index contributed by atoms with van der Waals surface area (Å²) >= 11 is 3.53. The summed E-state index contributed by atoms with van der Waals surface area (Å²) in [7, 11) is 0. The van der Waals surface area contributed by atoms with Gasteiger partial charge in [-0.05, 0) is 37.6 Å². The molecule has 0 saturated carbocycles. The molecule has 3 rings (SSSR count). The van der Waals surface area contributed by atoms with Crippen LogP contribution in [0.2, 0.25) is 0 Å². The summed E-state index contributed by atoms with van der Waals surface area (Å²) in [5, 5.41) is 10.1. The van der Waals surface area contributed by atoms with Gasteiger partial charge in [0.2, 0.25) is 0 Å². The number of hydrogen-bond donors (Lipinski definition) is 1. The zero-order chi connectivity index (χ0) is 14.8. The topological polar surface area (TPSA) is 32.7 Å². The lowest BCUT2D eigenvalue weighted by Crippen LogP contribution is -2.19. The van der Waals surface area contributed by atoms with Crippen LogP contribution in [0.1, 0.15) is 25.0 Å². The van der Waals surface area contributed by atoms with Crippen molar-refractivity contribution >= 4 is 27.3 Å². The first-order valence-electron chi connectivity index (χ1n) is 7.13. The quantitative estimate of drug-likeness (QED) is 0.872. The number of ether oxygens (including phenoxy) is 1. The zero-order valence-corrected chi connectivity index (χ0v) is 13.5. The van der Waals surface area contributed by atoms with E-state index in [-0.39, 0.29) is 0 Å². The molecule has 1 atom stereocenters. The predicted octanol–water partition coefficient (Wildman–Crippen LogP) is 4.42. The molecule has 0 bridgehead atoms. The average Bonchev–Trinajstić information content (AvgIpc) is 2.69. The maximum Gasteiger partial charge on any atom is 0.142 e. The largest absolute Gasteiger partial charge is 0.491 e. The van der Waals surface area contributed by atoms with Crippen molar-refractivity contribution in [2.75, 3.05) is 18.1 Å². The minimum absolute atomic E-state index is 0.510. The standard InChI is InChI=1S/C17H18BrNO2/c1-12(20)14-8-7-13(18)11-16(14)19-9-4-10-21-17-6-3-2-5-15(17)19/h2-3,5-8,11-12,20H,4,9-10H2,1H3. The molecule has 0 aromatic heterocycles. The highest BCUT2D eigenvalue weighted by molar-refractivity contribution is 9.10. The molecule has 2 aromatic carbocycles. The lowest BCUT2D eigenvalue weighted by molar-refractivity contribution is 0.199. The van der Waals surface area contributed by atoms with E-state index in [2.05, 4.69) is 33.0 Å². The Balaban J connectivity index is 2.14. The molecule has 21 heavy (non-hydrogen) atoms. The fourth-order valence-electron chi connectivity index (χ4n) is 2.68. The summed E-state index contributed by atoms with van der Waals surface area (Å²) in [4.78, 5) is 2.23. The minimum Gasteiger partial charge on any atom is -0.491 e.